The summed E-state index contributed by atoms with van der Waals surface area (Å²) in [4.78, 5) is 29.3. The molecule has 0 atom stereocenters. The number of nitrogens with one attached hydrogen (secondary N) is 4. The summed E-state index contributed by atoms with van der Waals surface area (Å²) in [7, 11) is -3.49. The van der Waals surface area contributed by atoms with Crippen molar-refractivity contribution in [1.82, 2.24) is 34.9 Å². The number of carbonyl (C=O) groups is 1. The first-order chi connectivity index (χ1) is 22.6. The Morgan fingerprint density at radius 1 is 1.00 bits per heavy atom. The molecule has 1 saturated carbocycles. The highest BCUT2D eigenvalue weighted by atomic mass is 32.2. The molecule has 4 aromatic heterocycles. The van der Waals surface area contributed by atoms with Crippen molar-refractivity contribution in [3.8, 4) is 33.9 Å². The fourth-order valence-corrected chi connectivity index (χ4v) is 6.36. The number of nitrogens with zero attached hydrogens (tertiary/aromatic N) is 4. The molecule has 4 N–H and O–H groups in total. The van der Waals surface area contributed by atoms with Crippen molar-refractivity contribution in [2.45, 2.75) is 19.4 Å². The van der Waals surface area contributed by atoms with Gasteiger partial charge in [0.05, 0.1) is 40.3 Å². The van der Waals surface area contributed by atoms with E-state index in [1.165, 1.54) is 36.3 Å². The van der Waals surface area contributed by atoms with Crippen LogP contribution in [0.25, 0.3) is 55.8 Å². The summed E-state index contributed by atoms with van der Waals surface area (Å²) in [5.41, 5.74) is 6.90. The van der Waals surface area contributed by atoms with E-state index >= 15 is 4.39 Å². The molecule has 0 radical (unpaired) electrons. The normalized spacial score (nSPS) is 14.1. The number of aromatic amines is 2. The van der Waals surface area contributed by atoms with Gasteiger partial charge in [0.2, 0.25) is 10.0 Å². The average molecular weight is 651 g/mol. The second kappa shape index (κ2) is 10.7. The third-order valence-corrected chi connectivity index (χ3v) is 8.96. The standard InChI is InChI=1S/C33H24F2N8O3S/c1-47(45,46)38-13-16-8-18(10-20(34)9-16)29-30-26(6-7-37-29)40-32(41-30)31-27-25(42-43-31)5-4-23(28(27)35)19-11-21(15-36-14-19)39-33(44)24-12-17-2-3-22(17)24/h4-12,14-15,38H,2-3,13H2,1H3,(H,39,44)(H,40,41)(H,42,43). The maximum atomic E-state index is 16.3. The number of sulfonamides is 1. The molecule has 1 fully saturated rings. The van der Waals surface area contributed by atoms with Gasteiger partial charge in [0, 0.05) is 41.2 Å². The van der Waals surface area contributed by atoms with E-state index in [1.807, 2.05) is 6.08 Å². The number of pyridine rings is 2. The zero-order valence-electron chi connectivity index (χ0n) is 24.6. The highest BCUT2D eigenvalue weighted by molar-refractivity contribution is 7.88. The fraction of sp³-hybridized carbons (Fsp3) is 0.121. The van der Waals surface area contributed by atoms with Gasteiger partial charge >= 0.3 is 0 Å². The summed E-state index contributed by atoms with van der Waals surface area (Å²) < 4.78 is 56.5. The van der Waals surface area contributed by atoms with E-state index in [1.54, 1.807) is 30.3 Å². The number of hydrogen-bond donors (Lipinski definition) is 4. The highest BCUT2D eigenvalue weighted by Crippen LogP contribution is 2.44. The van der Waals surface area contributed by atoms with Crippen molar-refractivity contribution in [2.24, 2.45) is 0 Å². The maximum Gasteiger partial charge on any atom is 0.256 e. The Hall–Kier alpha value is -5.60. The molecule has 2 aromatic carbocycles. The Balaban J connectivity index is 1.14. The van der Waals surface area contributed by atoms with Crippen molar-refractivity contribution >= 4 is 43.6 Å². The third kappa shape index (κ3) is 5.16. The van der Waals surface area contributed by atoms with E-state index in [-0.39, 0.29) is 34.9 Å². The minimum Gasteiger partial charge on any atom is -0.336 e. The molecule has 11 nitrogen and oxygen atoms in total. The SMILES string of the molecule is CS(=O)(=O)NCc1cc(F)cc(-c2nccc3[nH]c(-c4n[nH]c5ccc(-c6cncc(NC(=O)C7=C8CCC8=C7)c6)c(F)c45)nc23)c1. The lowest BCUT2D eigenvalue weighted by Gasteiger charge is -2.32. The van der Waals surface area contributed by atoms with Gasteiger partial charge in [-0.25, -0.2) is 26.9 Å². The van der Waals surface area contributed by atoms with Crippen LogP contribution in [0.3, 0.4) is 0 Å². The fourth-order valence-electron chi connectivity index (χ4n) is 5.93. The van der Waals surface area contributed by atoms with Crippen LogP contribution in [0, 0.1) is 11.6 Å². The lowest BCUT2D eigenvalue weighted by Crippen LogP contribution is -2.24. The number of carbonyl (C=O) groups excluding carboxylic acids is 1. The van der Waals surface area contributed by atoms with Crippen LogP contribution in [0.5, 0.6) is 0 Å². The highest BCUT2D eigenvalue weighted by Gasteiger charge is 2.31. The summed E-state index contributed by atoms with van der Waals surface area (Å²) in [6, 6.07) is 10.8. The van der Waals surface area contributed by atoms with E-state index in [4.69, 9.17) is 4.98 Å². The van der Waals surface area contributed by atoms with Crippen LogP contribution in [0.1, 0.15) is 18.4 Å². The third-order valence-electron chi connectivity index (χ3n) is 8.29. The van der Waals surface area contributed by atoms with Gasteiger partial charge in [-0.3, -0.25) is 19.9 Å². The van der Waals surface area contributed by atoms with Crippen LogP contribution in [0.15, 0.2) is 83.9 Å². The first kappa shape index (κ1) is 28.8. The number of fused-ring (bicyclic) bond motifs is 3. The molecule has 0 unspecified atom stereocenters. The minimum atomic E-state index is -3.49. The van der Waals surface area contributed by atoms with Crippen molar-refractivity contribution in [1.29, 1.82) is 0 Å². The number of hydrogen-bond acceptors (Lipinski definition) is 7. The molecule has 8 rings (SSSR count). The molecule has 14 heteroatoms. The predicted molar refractivity (Wildman–Crippen MR) is 172 cm³/mol. The number of allylic oxidation sites excluding steroid dienone is 2. The number of aromatic nitrogens is 6. The summed E-state index contributed by atoms with van der Waals surface area (Å²) in [6.07, 6.45) is 9.40. The van der Waals surface area contributed by atoms with Gasteiger partial charge in [-0.05, 0) is 78.1 Å². The van der Waals surface area contributed by atoms with E-state index in [9.17, 15) is 17.6 Å². The van der Waals surface area contributed by atoms with Crippen LogP contribution in [-0.2, 0) is 21.4 Å². The van der Waals surface area contributed by atoms with Gasteiger partial charge in [0.15, 0.2) is 5.82 Å². The predicted octanol–water partition coefficient (Wildman–Crippen LogP) is 5.53. The average Bonchev–Trinajstić information content (AvgIpc) is 3.66. The summed E-state index contributed by atoms with van der Waals surface area (Å²) in [5, 5.41) is 10.3. The maximum absolute atomic E-state index is 16.3. The van der Waals surface area contributed by atoms with Crippen molar-refractivity contribution in [3.05, 3.63) is 101 Å². The number of benzene rings is 2. The van der Waals surface area contributed by atoms with E-state index in [2.05, 4.69) is 35.2 Å². The van der Waals surface area contributed by atoms with Crippen LogP contribution >= 0.6 is 0 Å². The van der Waals surface area contributed by atoms with Crippen molar-refractivity contribution in [3.63, 3.8) is 0 Å². The van der Waals surface area contributed by atoms with E-state index < -0.39 is 21.7 Å². The molecule has 234 valence electrons. The molecule has 6 aromatic rings. The van der Waals surface area contributed by atoms with Crippen molar-refractivity contribution in [2.75, 3.05) is 11.6 Å². The summed E-state index contributed by atoms with van der Waals surface area (Å²) in [5.74, 6) is -1.09. The van der Waals surface area contributed by atoms with Gasteiger partial charge < -0.3 is 10.3 Å². The molecule has 1 amide bonds. The quantitative estimate of drug-likeness (QED) is 0.169. The Kier molecular flexibility index (Phi) is 6.59. The summed E-state index contributed by atoms with van der Waals surface area (Å²) >= 11 is 0. The second-order valence-electron chi connectivity index (χ2n) is 11.5. The largest absolute Gasteiger partial charge is 0.336 e. The zero-order valence-corrected chi connectivity index (χ0v) is 25.5. The Morgan fingerprint density at radius 3 is 2.64 bits per heavy atom. The van der Waals surface area contributed by atoms with Crippen LogP contribution in [0.2, 0.25) is 0 Å². The molecular formula is C33H24F2N8O3S. The van der Waals surface area contributed by atoms with Crippen LogP contribution < -0.4 is 10.0 Å². The minimum absolute atomic E-state index is 0.103. The first-order valence-electron chi connectivity index (χ1n) is 14.6. The zero-order chi connectivity index (χ0) is 32.4. The molecule has 0 spiro atoms. The number of halogens is 2. The van der Waals surface area contributed by atoms with Gasteiger partial charge in [-0.1, -0.05) is 0 Å². The molecule has 0 bridgehead atoms. The van der Waals surface area contributed by atoms with Crippen LogP contribution in [-0.4, -0.2) is 50.7 Å². The lowest BCUT2D eigenvalue weighted by atomic mass is 9.73. The van der Waals surface area contributed by atoms with Gasteiger partial charge in [0.1, 0.15) is 22.8 Å². The smallest absolute Gasteiger partial charge is 0.256 e. The Labute approximate surface area is 265 Å². The van der Waals surface area contributed by atoms with E-state index in [0.717, 1.165) is 24.7 Å². The van der Waals surface area contributed by atoms with Gasteiger partial charge in [0.25, 0.3) is 5.91 Å². The van der Waals surface area contributed by atoms with Gasteiger partial charge in [-0.15, -0.1) is 0 Å². The monoisotopic (exact) mass is 650 g/mol. The lowest BCUT2D eigenvalue weighted by molar-refractivity contribution is -0.112. The Bertz CT molecular complexity index is 2480. The molecule has 4 heterocycles. The topological polar surface area (TPSA) is 158 Å². The van der Waals surface area contributed by atoms with E-state index in [0.29, 0.717) is 50.2 Å². The molecule has 2 aliphatic carbocycles. The molecular weight excluding hydrogens is 626 g/mol. The number of rotatable bonds is 8. The van der Waals surface area contributed by atoms with Gasteiger partial charge in [-0.2, -0.15) is 5.10 Å². The van der Waals surface area contributed by atoms with Crippen molar-refractivity contribution < 1.29 is 22.0 Å². The first-order valence-corrected chi connectivity index (χ1v) is 16.5. The molecule has 47 heavy (non-hydrogen) atoms. The second-order valence-corrected chi connectivity index (χ2v) is 13.3. The van der Waals surface area contributed by atoms with Crippen LogP contribution in [0.4, 0.5) is 14.5 Å². The molecule has 0 aliphatic heterocycles. The molecule has 0 saturated heterocycles. The number of imidazole rings is 1. The summed E-state index contributed by atoms with van der Waals surface area (Å²) in [6.45, 7) is -0.103. The Morgan fingerprint density at radius 2 is 1.87 bits per heavy atom. The number of amides is 1. The number of anilines is 1. The number of H-pyrrole nitrogens is 2. The molecule has 2 aliphatic rings.